The van der Waals surface area contributed by atoms with E-state index in [0.717, 1.165) is 29.5 Å². The zero-order valence-electron chi connectivity index (χ0n) is 26.2. The van der Waals surface area contributed by atoms with Gasteiger partial charge in [-0.2, -0.15) is 9.40 Å². The van der Waals surface area contributed by atoms with Gasteiger partial charge in [-0.15, -0.1) is 0 Å². The second-order valence-electron chi connectivity index (χ2n) is 12.3. The summed E-state index contributed by atoms with van der Waals surface area (Å²) >= 11 is 0. The number of rotatable bonds is 8. The second kappa shape index (κ2) is 13.1. The van der Waals surface area contributed by atoms with E-state index < -0.39 is 50.3 Å². The van der Waals surface area contributed by atoms with Gasteiger partial charge in [0.25, 0.3) is 5.91 Å². The summed E-state index contributed by atoms with van der Waals surface area (Å²) in [7, 11) is -2.30. The lowest BCUT2D eigenvalue weighted by Crippen LogP contribution is -2.46. The van der Waals surface area contributed by atoms with Gasteiger partial charge in [0.15, 0.2) is 5.82 Å². The summed E-state index contributed by atoms with van der Waals surface area (Å²) in [5, 5.41) is 19.5. The van der Waals surface area contributed by atoms with Crippen LogP contribution < -0.4 is 20.9 Å². The fourth-order valence-electron chi connectivity index (χ4n) is 6.50. The molecule has 3 aliphatic rings. The number of carbonyl (C=O) groups excluding carboxylic acids is 2. The molecule has 0 bridgehead atoms. The molecule has 1 aromatic heterocycles. The van der Waals surface area contributed by atoms with Gasteiger partial charge in [-0.25, -0.2) is 17.2 Å². The number of halogens is 2. The third kappa shape index (κ3) is 6.57. The van der Waals surface area contributed by atoms with E-state index >= 15 is 0 Å². The van der Waals surface area contributed by atoms with Crippen molar-refractivity contribution in [3.63, 3.8) is 0 Å². The molecule has 4 heterocycles. The molecule has 0 spiro atoms. The summed E-state index contributed by atoms with van der Waals surface area (Å²) in [6.07, 6.45) is 1.33. The number of piperazine rings is 1. The highest BCUT2D eigenvalue weighted by atomic mass is 32.2. The molecule has 256 valence electrons. The predicted octanol–water partition coefficient (Wildman–Crippen LogP) is 1.84. The Morgan fingerprint density at radius 1 is 0.958 bits per heavy atom. The van der Waals surface area contributed by atoms with Crippen LogP contribution in [0, 0.1) is 17.6 Å². The fraction of sp³-hybridized carbons (Fsp3) is 0.419. The molecule has 14 nitrogen and oxygen atoms in total. The van der Waals surface area contributed by atoms with Crippen molar-refractivity contribution in [1.82, 2.24) is 19.4 Å². The Hall–Kier alpha value is -4.61. The van der Waals surface area contributed by atoms with Gasteiger partial charge >= 0.3 is 5.97 Å². The number of aromatic nitrogens is 2. The fourth-order valence-corrected chi connectivity index (χ4v) is 7.95. The molecule has 1 unspecified atom stereocenters. The largest absolute Gasteiger partial charge is 0.481 e. The summed E-state index contributed by atoms with van der Waals surface area (Å²) in [5.74, 6) is -5.14. The van der Waals surface area contributed by atoms with Gasteiger partial charge in [0.1, 0.15) is 11.6 Å². The van der Waals surface area contributed by atoms with Crippen LogP contribution in [0.2, 0.25) is 0 Å². The Kier molecular flexibility index (Phi) is 9.10. The molecule has 48 heavy (non-hydrogen) atoms. The number of carbonyl (C=O) groups is 3. The number of likely N-dealkylation sites (N-methyl/N-ethyl adjacent to an activating group) is 1. The van der Waals surface area contributed by atoms with Crippen LogP contribution in [0.1, 0.15) is 44.8 Å². The van der Waals surface area contributed by atoms with Crippen LogP contribution in [-0.4, -0.2) is 104 Å². The van der Waals surface area contributed by atoms with Gasteiger partial charge in [-0.05, 0) is 44.2 Å². The summed E-state index contributed by atoms with van der Waals surface area (Å²) in [6.45, 7) is 3.33. The van der Waals surface area contributed by atoms with E-state index in [-0.39, 0.29) is 43.0 Å². The summed E-state index contributed by atoms with van der Waals surface area (Å²) in [5.41, 5.74) is 7.90. The zero-order valence-corrected chi connectivity index (χ0v) is 27.0. The number of hydrogen-bond acceptors (Lipinski definition) is 9. The molecule has 6 rings (SSSR count). The first-order valence-corrected chi connectivity index (χ1v) is 17.0. The highest BCUT2D eigenvalue weighted by Crippen LogP contribution is 2.37. The minimum atomic E-state index is -4.31. The maximum atomic E-state index is 13.9. The number of nitrogens with two attached hydrogens (primary N) is 1. The van der Waals surface area contributed by atoms with Crippen molar-refractivity contribution < 1.29 is 36.7 Å². The third-order valence-electron chi connectivity index (χ3n) is 9.18. The van der Waals surface area contributed by atoms with Crippen LogP contribution in [0.5, 0.6) is 0 Å². The molecule has 2 amide bonds. The number of primary amides is 1. The predicted molar refractivity (Wildman–Crippen MR) is 171 cm³/mol. The Bertz CT molecular complexity index is 1860. The van der Waals surface area contributed by atoms with Gasteiger partial charge < -0.3 is 30.9 Å². The van der Waals surface area contributed by atoms with Gasteiger partial charge in [-0.3, -0.25) is 19.5 Å². The molecule has 2 fully saturated rings. The SMILES string of the molecule is CN1CCN(c2cc(C(N)=O)c(C(=O)Nc3n[nH]c4c3CN(S(=O)(=O)c3cc(F)cc(F)c3)CC4)cc2N2CCCC(C(=O)O)C2)CC1. The highest BCUT2D eigenvalue weighted by Gasteiger charge is 2.34. The highest BCUT2D eigenvalue weighted by molar-refractivity contribution is 7.89. The summed E-state index contributed by atoms with van der Waals surface area (Å²) < 4.78 is 55.4. The molecular formula is C31H36F2N8O6S. The molecule has 3 aromatic rings. The standard InChI is InChI=1S/C31H36F2N8O6S/c1-38-7-9-39(10-8-38)26-14-22(28(34)42)23(15-27(26)40-5-2-3-18(16-40)31(44)45)30(43)35-29-24-17-41(6-4-25(24)36-37-29)48(46,47)21-12-19(32)11-20(33)13-21/h11-15,18H,2-10,16-17H2,1H3,(H2,34,42)(H,44,45)(H2,35,36,37,43). The van der Waals surface area contributed by atoms with Gasteiger partial charge in [0.2, 0.25) is 15.9 Å². The van der Waals surface area contributed by atoms with Gasteiger partial charge in [0, 0.05) is 76.1 Å². The third-order valence-corrected chi connectivity index (χ3v) is 11.0. The molecule has 2 saturated heterocycles. The van der Waals surface area contributed by atoms with Gasteiger partial charge in [0.05, 0.1) is 33.3 Å². The van der Waals surface area contributed by atoms with Crippen molar-refractivity contribution in [3.05, 3.63) is 64.4 Å². The number of carboxylic acids is 1. The lowest BCUT2D eigenvalue weighted by molar-refractivity contribution is -0.141. The quantitative estimate of drug-likeness (QED) is 0.273. The Morgan fingerprint density at radius 3 is 2.29 bits per heavy atom. The Labute approximate surface area is 275 Å². The first-order chi connectivity index (χ1) is 22.8. The Balaban J connectivity index is 1.33. The lowest BCUT2D eigenvalue weighted by Gasteiger charge is -2.39. The number of carboxylic acid groups (broad SMARTS) is 1. The van der Waals surface area contributed by atoms with E-state index in [1.165, 1.54) is 0 Å². The number of amides is 2. The number of sulfonamides is 1. The number of benzene rings is 2. The molecule has 0 saturated carbocycles. The molecule has 5 N–H and O–H groups in total. The number of nitrogens with zero attached hydrogens (tertiary/aromatic N) is 5. The monoisotopic (exact) mass is 686 g/mol. The minimum Gasteiger partial charge on any atom is -0.481 e. The van der Waals surface area contributed by atoms with E-state index in [1.807, 2.05) is 11.9 Å². The van der Waals surface area contributed by atoms with E-state index in [1.54, 1.807) is 12.1 Å². The molecule has 2 aromatic carbocycles. The summed E-state index contributed by atoms with van der Waals surface area (Å²) in [6, 6.07) is 5.19. The topological polar surface area (TPSA) is 185 Å². The number of piperidine rings is 1. The maximum absolute atomic E-state index is 13.9. The van der Waals surface area contributed by atoms with E-state index in [4.69, 9.17) is 5.73 Å². The van der Waals surface area contributed by atoms with Crippen LogP contribution in [0.15, 0.2) is 35.2 Å². The molecule has 17 heteroatoms. The zero-order chi connectivity index (χ0) is 34.3. The average Bonchev–Trinajstić information content (AvgIpc) is 3.45. The van der Waals surface area contributed by atoms with Crippen molar-refractivity contribution in [2.75, 3.05) is 68.0 Å². The molecular weight excluding hydrogens is 650 g/mol. The van der Waals surface area contributed by atoms with Crippen molar-refractivity contribution in [2.24, 2.45) is 11.7 Å². The smallest absolute Gasteiger partial charge is 0.308 e. The Morgan fingerprint density at radius 2 is 1.62 bits per heavy atom. The number of aliphatic carboxylic acids is 1. The minimum absolute atomic E-state index is 0.000839. The number of anilines is 3. The van der Waals surface area contributed by atoms with Crippen molar-refractivity contribution in [2.45, 2.75) is 30.7 Å². The summed E-state index contributed by atoms with van der Waals surface area (Å²) in [4.78, 5) is 44.3. The normalized spacial score (nSPS) is 19.2. The van der Waals surface area contributed by atoms with Crippen LogP contribution in [0.25, 0.3) is 0 Å². The number of hydrogen-bond donors (Lipinski definition) is 4. The lowest BCUT2D eigenvalue weighted by atomic mass is 9.95. The van der Waals surface area contributed by atoms with Crippen molar-refractivity contribution in [3.8, 4) is 0 Å². The van der Waals surface area contributed by atoms with Crippen molar-refractivity contribution in [1.29, 1.82) is 0 Å². The first kappa shape index (κ1) is 33.3. The first-order valence-electron chi connectivity index (χ1n) is 15.5. The van der Waals surface area contributed by atoms with Crippen molar-refractivity contribution >= 4 is 45.0 Å². The molecule has 0 radical (unpaired) electrons. The van der Waals surface area contributed by atoms with Crippen LogP contribution >= 0.6 is 0 Å². The van der Waals surface area contributed by atoms with Gasteiger partial charge in [-0.1, -0.05) is 0 Å². The molecule has 0 aliphatic carbocycles. The second-order valence-corrected chi connectivity index (χ2v) is 14.3. The number of nitrogens with one attached hydrogen (secondary N) is 2. The number of H-pyrrole nitrogens is 1. The number of fused-ring (bicyclic) bond motifs is 1. The van der Waals surface area contributed by atoms with E-state index in [0.29, 0.717) is 61.2 Å². The number of aromatic amines is 1. The van der Waals surface area contributed by atoms with Crippen LogP contribution in [0.3, 0.4) is 0 Å². The molecule has 3 aliphatic heterocycles. The maximum Gasteiger partial charge on any atom is 0.308 e. The molecule has 1 atom stereocenters. The van der Waals surface area contributed by atoms with Crippen LogP contribution in [0.4, 0.5) is 26.0 Å². The average molecular weight is 687 g/mol. The van der Waals surface area contributed by atoms with Crippen LogP contribution in [-0.2, 0) is 27.8 Å². The van der Waals surface area contributed by atoms with E-state index in [9.17, 15) is 36.7 Å². The van der Waals surface area contributed by atoms with E-state index in [2.05, 4.69) is 25.3 Å².